The highest BCUT2D eigenvalue weighted by Gasteiger charge is 2.22. The topological polar surface area (TPSA) is 35.5 Å². The third-order valence-corrected chi connectivity index (χ3v) is 2.45. The van der Waals surface area contributed by atoms with Gasteiger partial charge >= 0.3 is 11.4 Å². The van der Waals surface area contributed by atoms with Crippen molar-refractivity contribution in [2.24, 2.45) is 0 Å². The normalized spacial score (nSPS) is 31.0. The number of rotatable bonds is 4. The van der Waals surface area contributed by atoms with Gasteiger partial charge in [-0.3, -0.25) is 8.37 Å². The molecule has 3 nitrogen and oxygen atoms in total. The van der Waals surface area contributed by atoms with Gasteiger partial charge in [-0.25, -0.2) is 0 Å². The van der Waals surface area contributed by atoms with Gasteiger partial charge in [0.2, 0.25) is 0 Å². The molecule has 0 amide bonds. The van der Waals surface area contributed by atoms with Crippen molar-refractivity contribution < 1.29 is 12.6 Å². The molecule has 1 aliphatic heterocycles. The molecular formula is C7H14O3S. The van der Waals surface area contributed by atoms with E-state index in [1.54, 1.807) is 0 Å². The summed E-state index contributed by atoms with van der Waals surface area (Å²) in [7, 11) is 0. The van der Waals surface area contributed by atoms with E-state index >= 15 is 0 Å². The van der Waals surface area contributed by atoms with E-state index in [-0.39, 0.29) is 6.10 Å². The van der Waals surface area contributed by atoms with Gasteiger partial charge in [0.15, 0.2) is 0 Å². The van der Waals surface area contributed by atoms with Gasteiger partial charge in [0, 0.05) is 0 Å². The van der Waals surface area contributed by atoms with Crippen LogP contribution in [0.1, 0.15) is 32.6 Å². The van der Waals surface area contributed by atoms with Crippen LogP contribution in [0.2, 0.25) is 0 Å². The summed E-state index contributed by atoms with van der Waals surface area (Å²) in [5, 5.41) is 0. The minimum atomic E-state index is -1.46. The summed E-state index contributed by atoms with van der Waals surface area (Å²) < 4.78 is 20.3. The van der Waals surface area contributed by atoms with Crippen molar-refractivity contribution in [3.8, 4) is 0 Å². The third-order valence-electron chi connectivity index (χ3n) is 1.69. The molecular weight excluding hydrogens is 164 g/mol. The molecule has 66 valence electrons. The van der Waals surface area contributed by atoms with Gasteiger partial charge in [0.05, 0.1) is 6.61 Å². The molecule has 0 N–H and O–H groups in total. The lowest BCUT2D eigenvalue weighted by Crippen LogP contribution is -2.08. The Morgan fingerprint density at radius 3 is 2.91 bits per heavy atom. The van der Waals surface area contributed by atoms with Crippen molar-refractivity contribution in [3.63, 3.8) is 0 Å². The maximum atomic E-state index is 10.6. The molecule has 4 heteroatoms. The molecule has 0 saturated carbocycles. The fraction of sp³-hybridized carbons (Fsp3) is 1.00. The molecule has 2 atom stereocenters. The van der Waals surface area contributed by atoms with E-state index in [2.05, 4.69) is 6.92 Å². The van der Waals surface area contributed by atoms with Gasteiger partial charge in [-0.15, -0.1) is 0 Å². The zero-order chi connectivity index (χ0) is 8.10. The van der Waals surface area contributed by atoms with Crippen molar-refractivity contribution in [2.75, 3.05) is 6.61 Å². The second-order valence-corrected chi connectivity index (χ2v) is 3.54. The lowest BCUT2D eigenvalue weighted by atomic mass is 10.1. The highest BCUT2D eigenvalue weighted by atomic mass is 32.2. The summed E-state index contributed by atoms with van der Waals surface area (Å²) in [6.07, 6.45) is 4.60. The summed E-state index contributed by atoms with van der Waals surface area (Å²) in [6.45, 7) is 2.65. The van der Waals surface area contributed by atoms with Crippen LogP contribution in [0.15, 0.2) is 0 Å². The number of hydrogen-bond acceptors (Lipinski definition) is 3. The molecule has 1 fully saturated rings. The highest BCUT2D eigenvalue weighted by molar-refractivity contribution is 7.75. The average molecular weight is 178 g/mol. The van der Waals surface area contributed by atoms with Crippen molar-refractivity contribution in [2.45, 2.75) is 38.7 Å². The Balaban J connectivity index is 2.04. The van der Waals surface area contributed by atoms with Crippen molar-refractivity contribution in [1.82, 2.24) is 0 Å². The minimum absolute atomic E-state index is 0.0717. The lowest BCUT2D eigenvalue weighted by molar-refractivity contribution is 0.222. The Morgan fingerprint density at radius 2 is 2.36 bits per heavy atom. The Hall–Kier alpha value is 0.0700. The van der Waals surface area contributed by atoms with Crippen LogP contribution < -0.4 is 0 Å². The molecule has 1 unspecified atom stereocenters. The van der Waals surface area contributed by atoms with Gasteiger partial charge in [-0.05, 0) is 6.42 Å². The van der Waals surface area contributed by atoms with E-state index in [0.29, 0.717) is 6.61 Å². The van der Waals surface area contributed by atoms with Crippen molar-refractivity contribution >= 4 is 11.4 Å². The van der Waals surface area contributed by atoms with E-state index < -0.39 is 11.4 Å². The molecule has 0 bridgehead atoms. The van der Waals surface area contributed by atoms with Crippen LogP contribution in [0.3, 0.4) is 0 Å². The van der Waals surface area contributed by atoms with Crippen LogP contribution in [0.25, 0.3) is 0 Å². The van der Waals surface area contributed by atoms with Gasteiger partial charge in [0.25, 0.3) is 0 Å². The second kappa shape index (κ2) is 4.85. The fourth-order valence-corrected chi connectivity index (χ4v) is 1.74. The molecule has 0 radical (unpaired) electrons. The third kappa shape index (κ3) is 3.31. The quantitative estimate of drug-likeness (QED) is 0.613. The molecule has 1 rings (SSSR count). The molecule has 1 aliphatic rings. The Bertz CT molecular complexity index is 138. The first-order valence-electron chi connectivity index (χ1n) is 4.05. The highest BCUT2D eigenvalue weighted by Crippen LogP contribution is 2.14. The van der Waals surface area contributed by atoms with Crippen LogP contribution in [0, 0.1) is 0 Å². The average Bonchev–Trinajstić information content (AvgIpc) is 2.37. The summed E-state index contributed by atoms with van der Waals surface area (Å²) in [4.78, 5) is 0. The summed E-state index contributed by atoms with van der Waals surface area (Å²) in [6, 6.07) is 0. The predicted octanol–water partition coefficient (Wildman–Crippen LogP) is 1.56. The Kier molecular flexibility index (Phi) is 4.04. The Morgan fingerprint density at radius 1 is 1.55 bits per heavy atom. The molecule has 0 aliphatic carbocycles. The van der Waals surface area contributed by atoms with Crippen molar-refractivity contribution in [1.29, 1.82) is 0 Å². The zero-order valence-electron chi connectivity index (χ0n) is 6.75. The maximum absolute atomic E-state index is 10.6. The van der Waals surface area contributed by atoms with E-state index in [9.17, 15) is 4.21 Å². The smallest absolute Gasteiger partial charge is 0.266 e. The Labute approximate surface area is 69.9 Å². The first-order chi connectivity index (χ1) is 5.33. The SMILES string of the molecule is CCCCC[C@H]1COS(=O)O1. The first kappa shape index (κ1) is 9.16. The van der Waals surface area contributed by atoms with Gasteiger partial charge in [-0.2, -0.15) is 4.21 Å². The molecule has 0 aromatic carbocycles. The molecule has 0 aromatic heterocycles. The van der Waals surface area contributed by atoms with E-state index in [1.165, 1.54) is 12.8 Å². The fourth-order valence-electron chi connectivity index (χ4n) is 1.05. The van der Waals surface area contributed by atoms with Crippen LogP contribution in [0.5, 0.6) is 0 Å². The predicted molar refractivity (Wildman–Crippen MR) is 43.1 cm³/mol. The minimum Gasteiger partial charge on any atom is -0.266 e. The van der Waals surface area contributed by atoms with E-state index in [4.69, 9.17) is 8.37 Å². The van der Waals surface area contributed by atoms with Gasteiger partial charge in [-0.1, -0.05) is 26.2 Å². The second-order valence-electron chi connectivity index (χ2n) is 2.70. The standard InChI is InChI=1S/C7H14O3S/c1-2-3-4-5-7-6-9-11(8)10-7/h7H,2-6H2,1H3/t7-,11?/m0/s1. The summed E-state index contributed by atoms with van der Waals surface area (Å²) >= 11 is -1.46. The van der Waals surface area contributed by atoms with Gasteiger partial charge in [0.1, 0.15) is 6.10 Å². The van der Waals surface area contributed by atoms with Crippen LogP contribution in [-0.4, -0.2) is 16.9 Å². The van der Waals surface area contributed by atoms with Crippen LogP contribution in [0.4, 0.5) is 0 Å². The number of hydrogen-bond donors (Lipinski definition) is 0. The van der Waals surface area contributed by atoms with Crippen molar-refractivity contribution in [3.05, 3.63) is 0 Å². The summed E-state index contributed by atoms with van der Waals surface area (Å²) in [5.74, 6) is 0. The molecule has 0 aromatic rings. The zero-order valence-corrected chi connectivity index (χ0v) is 7.56. The first-order valence-corrected chi connectivity index (χ1v) is 5.05. The molecule has 1 saturated heterocycles. The number of unbranched alkanes of at least 4 members (excludes halogenated alkanes) is 2. The van der Waals surface area contributed by atoms with Crippen LogP contribution >= 0.6 is 0 Å². The molecule has 0 spiro atoms. The monoisotopic (exact) mass is 178 g/mol. The van der Waals surface area contributed by atoms with E-state index in [0.717, 1.165) is 12.8 Å². The largest absolute Gasteiger partial charge is 0.305 e. The molecule has 11 heavy (non-hydrogen) atoms. The van der Waals surface area contributed by atoms with Gasteiger partial charge < -0.3 is 0 Å². The lowest BCUT2D eigenvalue weighted by Gasteiger charge is -2.02. The van der Waals surface area contributed by atoms with E-state index in [1.807, 2.05) is 0 Å². The van der Waals surface area contributed by atoms with Crippen LogP contribution in [-0.2, 0) is 19.7 Å². The maximum Gasteiger partial charge on any atom is 0.305 e. The summed E-state index contributed by atoms with van der Waals surface area (Å²) in [5.41, 5.74) is 0. The molecule has 1 heterocycles.